The summed E-state index contributed by atoms with van der Waals surface area (Å²) in [6.07, 6.45) is 6.97. The molecule has 0 saturated carbocycles. The van der Waals surface area contributed by atoms with E-state index in [1.807, 2.05) is 41.4 Å². The number of rotatable bonds is 4. The lowest BCUT2D eigenvalue weighted by Crippen LogP contribution is -2.34. The Morgan fingerprint density at radius 3 is 2.74 bits per heavy atom. The van der Waals surface area contributed by atoms with E-state index in [0.29, 0.717) is 19.5 Å². The molecular weight excluding hydrogens is 334 g/mol. The highest BCUT2D eigenvalue weighted by Gasteiger charge is 2.18. The van der Waals surface area contributed by atoms with E-state index < -0.39 is 0 Å². The van der Waals surface area contributed by atoms with Crippen LogP contribution in [0.3, 0.4) is 0 Å². The summed E-state index contributed by atoms with van der Waals surface area (Å²) in [5, 5.41) is 9.97. The Morgan fingerprint density at radius 2 is 1.89 bits per heavy atom. The van der Waals surface area contributed by atoms with Crippen LogP contribution < -0.4 is 0 Å². The molecule has 0 fully saturated rings. The zero-order valence-electron chi connectivity index (χ0n) is 15.1. The van der Waals surface area contributed by atoms with Crippen molar-refractivity contribution in [2.75, 3.05) is 6.54 Å². The minimum absolute atomic E-state index is 0.0401. The van der Waals surface area contributed by atoms with Gasteiger partial charge in [-0.05, 0) is 29.7 Å². The molecule has 27 heavy (non-hydrogen) atoms. The number of carbonyl (C=O) groups excluding carboxylic acids is 1. The van der Waals surface area contributed by atoms with E-state index >= 15 is 0 Å². The van der Waals surface area contributed by atoms with Gasteiger partial charge in [-0.2, -0.15) is 5.26 Å². The summed E-state index contributed by atoms with van der Waals surface area (Å²) in [5.41, 5.74) is 4.67. The maximum absolute atomic E-state index is 12.7. The van der Waals surface area contributed by atoms with Crippen LogP contribution in [0.5, 0.6) is 0 Å². The summed E-state index contributed by atoms with van der Waals surface area (Å²) in [4.78, 5) is 14.6. The van der Waals surface area contributed by atoms with Crippen molar-refractivity contribution in [3.63, 3.8) is 0 Å². The highest BCUT2D eigenvalue weighted by Crippen LogP contribution is 2.23. The van der Waals surface area contributed by atoms with Gasteiger partial charge in [0.15, 0.2) is 0 Å². The molecule has 0 saturated heterocycles. The number of fused-ring (bicyclic) bond motifs is 2. The van der Waals surface area contributed by atoms with Crippen molar-refractivity contribution in [2.45, 2.75) is 25.9 Å². The van der Waals surface area contributed by atoms with Crippen molar-refractivity contribution < 1.29 is 4.79 Å². The fourth-order valence-corrected chi connectivity index (χ4v) is 3.71. The van der Waals surface area contributed by atoms with Gasteiger partial charge in [0.05, 0.1) is 12.5 Å². The van der Waals surface area contributed by atoms with Crippen LogP contribution in [0.25, 0.3) is 17.0 Å². The molecule has 4 rings (SSSR count). The van der Waals surface area contributed by atoms with E-state index in [4.69, 9.17) is 5.26 Å². The second-order valence-corrected chi connectivity index (χ2v) is 6.81. The minimum Gasteiger partial charge on any atom is -0.346 e. The number of carbonyl (C=O) groups is 1. The molecule has 0 spiro atoms. The molecule has 0 bridgehead atoms. The molecule has 1 aliphatic rings. The Bertz CT molecular complexity index is 1050. The first-order valence-electron chi connectivity index (χ1n) is 9.25. The second-order valence-electron chi connectivity index (χ2n) is 6.81. The van der Waals surface area contributed by atoms with Crippen LogP contribution in [-0.2, 0) is 24.3 Å². The zero-order valence-corrected chi connectivity index (χ0v) is 15.1. The first kappa shape index (κ1) is 17.1. The van der Waals surface area contributed by atoms with Crippen LogP contribution in [0.15, 0.2) is 60.8 Å². The Morgan fingerprint density at radius 1 is 1.11 bits per heavy atom. The van der Waals surface area contributed by atoms with Crippen molar-refractivity contribution >= 4 is 22.9 Å². The molecule has 3 aromatic rings. The van der Waals surface area contributed by atoms with E-state index in [1.54, 1.807) is 6.08 Å². The molecule has 0 aliphatic carbocycles. The van der Waals surface area contributed by atoms with Gasteiger partial charge < -0.3 is 9.47 Å². The number of aryl methyl sites for hydroxylation is 1. The third kappa shape index (κ3) is 3.50. The summed E-state index contributed by atoms with van der Waals surface area (Å²) in [6.45, 7) is 2.08. The van der Waals surface area contributed by atoms with Crippen LogP contribution >= 0.6 is 0 Å². The lowest BCUT2D eigenvalue weighted by Gasteiger charge is -2.27. The number of hydrogen-bond donors (Lipinski definition) is 0. The summed E-state index contributed by atoms with van der Waals surface area (Å²) in [5.74, 6) is 0.0401. The highest BCUT2D eigenvalue weighted by atomic mass is 16.2. The standard InChI is InChI=1S/C23H21N3O/c24-13-5-14-25-17-20(21-8-3-4-9-22(21)25)10-11-23(27)26-15-12-18-6-1-2-7-19(18)16-26/h1-4,6-11,17H,5,12,14-16H2/b11-10+. The summed E-state index contributed by atoms with van der Waals surface area (Å²) in [7, 11) is 0. The third-order valence-corrected chi connectivity index (χ3v) is 5.13. The average molecular weight is 355 g/mol. The molecule has 1 aromatic heterocycles. The number of nitriles is 1. The van der Waals surface area contributed by atoms with Crippen molar-refractivity contribution in [3.05, 3.63) is 77.5 Å². The smallest absolute Gasteiger partial charge is 0.246 e. The predicted molar refractivity (Wildman–Crippen MR) is 107 cm³/mol. The van der Waals surface area contributed by atoms with E-state index in [9.17, 15) is 4.79 Å². The lowest BCUT2D eigenvalue weighted by atomic mass is 10.00. The van der Waals surface area contributed by atoms with Gasteiger partial charge in [-0.1, -0.05) is 42.5 Å². The normalized spacial score (nSPS) is 13.7. The minimum atomic E-state index is 0.0401. The fourth-order valence-electron chi connectivity index (χ4n) is 3.71. The van der Waals surface area contributed by atoms with E-state index in [2.05, 4.69) is 34.9 Å². The van der Waals surface area contributed by atoms with Gasteiger partial charge in [0.2, 0.25) is 5.91 Å². The molecule has 0 radical (unpaired) electrons. The Balaban J connectivity index is 1.55. The summed E-state index contributed by atoms with van der Waals surface area (Å²) >= 11 is 0. The predicted octanol–water partition coefficient (Wildman–Crippen LogP) is 4.15. The zero-order chi connectivity index (χ0) is 18.6. The van der Waals surface area contributed by atoms with Gasteiger partial charge in [-0.15, -0.1) is 0 Å². The van der Waals surface area contributed by atoms with Crippen LogP contribution in [0.1, 0.15) is 23.1 Å². The van der Waals surface area contributed by atoms with Crippen LogP contribution in [-0.4, -0.2) is 21.9 Å². The number of amides is 1. The third-order valence-electron chi connectivity index (χ3n) is 5.13. The molecule has 0 atom stereocenters. The summed E-state index contributed by atoms with van der Waals surface area (Å²) < 4.78 is 2.08. The Labute approximate surface area is 158 Å². The van der Waals surface area contributed by atoms with Crippen LogP contribution in [0.4, 0.5) is 0 Å². The molecule has 0 N–H and O–H groups in total. The largest absolute Gasteiger partial charge is 0.346 e. The van der Waals surface area contributed by atoms with E-state index in [-0.39, 0.29) is 5.91 Å². The topological polar surface area (TPSA) is 49.0 Å². The highest BCUT2D eigenvalue weighted by molar-refractivity contribution is 5.96. The van der Waals surface area contributed by atoms with Gasteiger partial charge in [0.25, 0.3) is 0 Å². The SMILES string of the molecule is N#CCCn1cc(/C=C/C(=O)N2CCc3ccccc3C2)c2ccccc21. The van der Waals surface area contributed by atoms with Gasteiger partial charge >= 0.3 is 0 Å². The molecule has 0 unspecified atom stereocenters. The number of para-hydroxylation sites is 1. The molecule has 4 heteroatoms. The Hall–Kier alpha value is -3.32. The van der Waals surface area contributed by atoms with Crippen molar-refractivity contribution in [1.82, 2.24) is 9.47 Å². The van der Waals surface area contributed by atoms with Crippen molar-refractivity contribution in [1.29, 1.82) is 5.26 Å². The molecule has 2 aromatic carbocycles. The second kappa shape index (κ2) is 7.51. The van der Waals surface area contributed by atoms with E-state index in [0.717, 1.165) is 29.4 Å². The van der Waals surface area contributed by atoms with Gasteiger partial charge in [-0.3, -0.25) is 4.79 Å². The van der Waals surface area contributed by atoms with Gasteiger partial charge in [0.1, 0.15) is 0 Å². The average Bonchev–Trinajstić information content (AvgIpc) is 3.08. The Kier molecular flexibility index (Phi) is 4.76. The van der Waals surface area contributed by atoms with Crippen LogP contribution in [0, 0.1) is 11.3 Å². The number of hydrogen-bond acceptors (Lipinski definition) is 2. The summed E-state index contributed by atoms with van der Waals surface area (Å²) in [6, 6.07) is 18.6. The molecule has 2 heterocycles. The molecule has 1 aliphatic heterocycles. The van der Waals surface area contributed by atoms with Crippen molar-refractivity contribution in [2.24, 2.45) is 0 Å². The number of benzene rings is 2. The van der Waals surface area contributed by atoms with Crippen molar-refractivity contribution in [3.8, 4) is 6.07 Å². The lowest BCUT2D eigenvalue weighted by molar-refractivity contribution is -0.126. The van der Waals surface area contributed by atoms with Crippen LogP contribution in [0.2, 0.25) is 0 Å². The first-order chi connectivity index (χ1) is 13.3. The van der Waals surface area contributed by atoms with E-state index in [1.165, 1.54) is 11.1 Å². The monoisotopic (exact) mass is 355 g/mol. The maximum atomic E-state index is 12.7. The molecule has 1 amide bonds. The molecular formula is C23H21N3O. The fraction of sp³-hybridized carbons (Fsp3) is 0.217. The quantitative estimate of drug-likeness (QED) is 0.660. The van der Waals surface area contributed by atoms with Gasteiger partial charge in [0, 0.05) is 48.4 Å². The molecule has 4 nitrogen and oxygen atoms in total. The maximum Gasteiger partial charge on any atom is 0.246 e. The first-order valence-corrected chi connectivity index (χ1v) is 9.25. The van der Waals surface area contributed by atoms with Gasteiger partial charge in [-0.25, -0.2) is 0 Å². The number of aromatic nitrogens is 1. The number of nitrogens with zero attached hydrogens (tertiary/aromatic N) is 3. The molecule has 134 valence electrons.